The molecule has 0 spiro atoms. The van der Waals surface area contributed by atoms with Gasteiger partial charge in [0.2, 0.25) is 0 Å². The Hall–Kier alpha value is -1.44. The van der Waals surface area contributed by atoms with E-state index in [2.05, 4.69) is 5.10 Å². The van der Waals surface area contributed by atoms with E-state index in [0.29, 0.717) is 0 Å². The number of hydrogen-bond donors (Lipinski definition) is 1. The molecule has 0 radical (unpaired) electrons. The first-order chi connectivity index (χ1) is 9.58. The SMILES string of the molecule is O=C(O)c1nn(-c2ccc(F)cc2I)c2c1CCCC2. The highest BCUT2D eigenvalue weighted by atomic mass is 127. The lowest BCUT2D eigenvalue weighted by atomic mass is 9.95. The van der Waals surface area contributed by atoms with E-state index in [-0.39, 0.29) is 11.5 Å². The molecule has 4 nitrogen and oxygen atoms in total. The van der Waals surface area contributed by atoms with E-state index < -0.39 is 5.97 Å². The Balaban J connectivity index is 2.21. The summed E-state index contributed by atoms with van der Waals surface area (Å²) >= 11 is 2.04. The molecule has 1 aromatic carbocycles. The second kappa shape index (κ2) is 5.16. The first kappa shape index (κ1) is 13.5. The Labute approximate surface area is 128 Å². The van der Waals surface area contributed by atoms with Crippen molar-refractivity contribution in [3.05, 3.63) is 44.5 Å². The fraction of sp³-hybridized carbons (Fsp3) is 0.286. The van der Waals surface area contributed by atoms with E-state index in [4.69, 9.17) is 0 Å². The van der Waals surface area contributed by atoms with Gasteiger partial charge in [0.15, 0.2) is 5.69 Å². The summed E-state index contributed by atoms with van der Waals surface area (Å²) in [5.41, 5.74) is 2.62. The molecule has 1 heterocycles. The van der Waals surface area contributed by atoms with Gasteiger partial charge in [0.1, 0.15) is 5.82 Å². The van der Waals surface area contributed by atoms with Crippen molar-refractivity contribution in [3.8, 4) is 5.69 Å². The molecule has 1 aromatic heterocycles. The Morgan fingerprint density at radius 1 is 1.35 bits per heavy atom. The number of carbonyl (C=O) groups is 1. The molecule has 0 saturated carbocycles. The number of carboxylic acid groups (broad SMARTS) is 1. The maximum absolute atomic E-state index is 13.2. The predicted molar refractivity (Wildman–Crippen MR) is 79.8 cm³/mol. The topological polar surface area (TPSA) is 55.1 Å². The summed E-state index contributed by atoms with van der Waals surface area (Å²) in [4.78, 5) is 11.3. The first-order valence-electron chi connectivity index (χ1n) is 6.37. The summed E-state index contributed by atoms with van der Waals surface area (Å²) in [5, 5.41) is 13.5. The minimum absolute atomic E-state index is 0.125. The highest BCUT2D eigenvalue weighted by Gasteiger charge is 2.25. The fourth-order valence-electron chi connectivity index (χ4n) is 2.62. The van der Waals surface area contributed by atoms with Crippen LogP contribution in [0.5, 0.6) is 0 Å². The van der Waals surface area contributed by atoms with E-state index >= 15 is 0 Å². The maximum atomic E-state index is 13.2. The van der Waals surface area contributed by atoms with Gasteiger partial charge in [0.05, 0.1) is 5.69 Å². The number of carboxylic acids is 1. The van der Waals surface area contributed by atoms with Crippen LogP contribution in [0.2, 0.25) is 0 Å². The number of benzene rings is 1. The molecule has 1 N–H and O–H groups in total. The third-order valence-corrected chi connectivity index (χ3v) is 4.38. The lowest BCUT2D eigenvalue weighted by molar-refractivity contribution is 0.0688. The van der Waals surface area contributed by atoms with Gasteiger partial charge in [-0.05, 0) is 66.5 Å². The standard InChI is InChI=1S/C14H12FIN2O2/c15-8-5-6-12(10(16)7-8)18-11-4-2-1-3-9(11)13(17-18)14(19)20/h5-7H,1-4H2,(H,19,20). The van der Waals surface area contributed by atoms with Gasteiger partial charge in [0.25, 0.3) is 0 Å². The van der Waals surface area contributed by atoms with E-state index in [1.54, 1.807) is 10.7 Å². The van der Waals surface area contributed by atoms with Crippen LogP contribution in [0, 0.1) is 9.39 Å². The molecule has 0 aliphatic heterocycles. The van der Waals surface area contributed by atoms with Crippen molar-refractivity contribution in [2.75, 3.05) is 0 Å². The quantitative estimate of drug-likeness (QED) is 0.807. The monoisotopic (exact) mass is 386 g/mol. The van der Waals surface area contributed by atoms with Crippen LogP contribution in [0.4, 0.5) is 4.39 Å². The number of rotatable bonds is 2. The van der Waals surface area contributed by atoms with Crippen LogP contribution >= 0.6 is 22.6 Å². The van der Waals surface area contributed by atoms with E-state index in [1.165, 1.54) is 12.1 Å². The molecule has 1 aliphatic rings. The molecule has 0 saturated heterocycles. The Morgan fingerprint density at radius 3 is 2.80 bits per heavy atom. The molecule has 1 aliphatic carbocycles. The molecule has 20 heavy (non-hydrogen) atoms. The van der Waals surface area contributed by atoms with Crippen molar-refractivity contribution < 1.29 is 14.3 Å². The van der Waals surface area contributed by atoms with Gasteiger partial charge >= 0.3 is 5.97 Å². The van der Waals surface area contributed by atoms with Crippen molar-refractivity contribution in [1.29, 1.82) is 0 Å². The van der Waals surface area contributed by atoms with Gasteiger partial charge in [-0.1, -0.05) is 0 Å². The normalized spacial score (nSPS) is 14.1. The Bertz CT molecular complexity index is 697. The van der Waals surface area contributed by atoms with Gasteiger partial charge in [-0.25, -0.2) is 13.9 Å². The van der Waals surface area contributed by atoms with Crippen LogP contribution in [-0.4, -0.2) is 20.9 Å². The molecule has 0 unspecified atom stereocenters. The van der Waals surface area contributed by atoms with Crippen LogP contribution in [0.25, 0.3) is 5.69 Å². The lowest BCUT2D eigenvalue weighted by Crippen LogP contribution is -2.09. The number of fused-ring (bicyclic) bond motifs is 1. The van der Waals surface area contributed by atoms with Crippen LogP contribution < -0.4 is 0 Å². The summed E-state index contributed by atoms with van der Waals surface area (Å²) in [7, 11) is 0. The van der Waals surface area contributed by atoms with E-state index in [1.807, 2.05) is 22.6 Å². The number of hydrogen-bond acceptors (Lipinski definition) is 2. The van der Waals surface area contributed by atoms with Crippen molar-refractivity contribution in [2.45, 2.75) is 25.7 Å². The maximum Gasteiger partial charge on any atom is 0.356 e. The van der Waals surface area contributed by atoms with Crippen LogP contribution in [0.3, 0.4) is 0 Å². The fourth-order valence-corrected chi connectivity index (χ4v) is 3.33. The summed E-state index contributed by atoms with van der Waals surface area (Å²) in [6.07, 6.45) is 3.56. The molecule has 0 amide bonds. The minimum Gasteiger partial charge on any atom is -0.476 e. The zero-order chi connectivity index (χ0) is 14.3. The van der Waals surface area contributed by atoms with Crippen molar-refractivity contribution >= 4 is 28.6 Å². The summed E-state index contributed by atoms with van der Waals surface area (Å²) in [5.74, 6) is -1.31. The average molecular weight is 386 g/mol. The number of aromatic carboxylic acids is 1. The van der Waals surface area contributed by atoms with Crippen molar-refractivity contribution in [3.63, 3.8) is 0 Å². The highest BCUT2D eigenvalue weighted by Crippen LogP contribution is 2.28. The van der Waals surface area contributed by atoms with E-state index in [0.717, 1.165) is 46.2 Å². The zero-order valence-electron chi connectivity index (χ0n) is 10.6. The van der Waals surface area contributed by atoms with E-state index in [9.17, 15) is 14.3 Å². The highest BCUT2D eigenvalue weighted by molar-refractivity contribution is 14.1. The molecular weight excluding hydrogens is 374 g/mol. The Kier molecular flexibility index (Phi) is 3.49. The molecule has 2 aromatic rings. The lowest BCUT2D eigenvalue weighted by Gasteiger charge is -2.14. The Morgan fingerprint density at radius 2 is 2.10 bits per heavy atom. The van der Waals surface area contributed by atoms with Crippen molar-refractivity contribution in [2.24, 2.45) is 0 Å². The van der Waals surface area contributed by atoms with Gasteiger partial charge in [-0.3, -0.25) is 0 Å². The number of halogens is 2. The third kappa shape index (κ3) is 2.21. The molecule has 3 rings (SSSR count). The summed E-state index contributed by atoms with van der Waals surface area (Å²) < 4.78 is 15.6. The molecule has 0 fully saturated rings. The van der Waals surface area contributed by atoms with Crippen LogP contribution in [0.1, 0.15) is 34.6 Å². The van der Waals surface area contributed by atoms with Crippen LogP contribution in [-0.2, 0) is 12.8 Å². The summed E-state index contributed by atoms with van der Waals surface area (Å²) in [6, 6.07) is 4.44. The largest absolute Gasteiger partial charge is 0.476 e. The van der Waals surface area contributed by atoms with Gasteiger partial charge in [-0.15, -0.1) is 0 Å². The molecular formula is C14H12FIN2O2. The van der Waals surface area contributed by atoms with Crippen molar-refractivity contribution in [1.82, 2.24) is 9.78 Å². The molecule has 0 bridgehead atoms. The second-order valence-corrected chi connectivity index (χ2v) is 5.96. The third-order valence-electron chi connectivity index (χ3n) is 3.52. The second-order valence-electron chi connectivity index (χ2n) is 4.79. The first-order valence-corrected chi connectivity index (χ1v) is 7.45. The average Bonchev–Trinajstić information content (AvgIpc) is 2.78. The summed E-state index contributed by atoms with van der Waals surface area (Å²) in [6.45, 7) is 0. The van der Waals surface area contributed by atoms with Gasteiger partial charge < -0.3 is 5.11 Å². The van der Waals surface area contributed by atoms with Gasteiger partial charge in [0, 0.05) is 14.8 Å². The molecule has 0 atom stereocenters. The molecule has 6 heteroatoms. The predicted octanol–water partition coefficient (Wildman–Crippen LogP) is 3.19. The van der Waals surface area contributed by atoms with Gasteiger partial charge in [-0.2, -0.15) is 5.10 Å². The zero-order valence-corrected chi connectivity index (χ0v) is 12.7. The minimum atomic E-state index is -1.00. The number of nitrogens with zero attached hydrogens (tertiary/aromatic N) is 2. The number of aromatic nitrogens is 2. The smallest absolute Gasteiger partial charge is 0.356 e. The molecule has 104 valence electrons. The van der Waals surface area contributed by atoms with Crippen LogP contribution in [0.15, 0.2) is 18.2 Å².